The summed E-state index contributed by atoms with van der Waals surface area (Å²) < 4.78 is 15.8. The maximum Gasteiger partial charge on any atom is 0.274 e. The predicted octanol–water partition coefficient (Wildman–Crippen LogP) is 3.95. The van der Waals surface area contributed by atoms with Crippen molar-refractivity contribution in [2.45, 2.75) is 19.4 Å². The summed E-state index contributed by atoms with van der Waals surface area (Å²) in [6.07, 6.45) is 6.09. The van der Waals surface area contributed by atoms with Crippen molar-refractivity contribution in [3.63, 3.8) is 0 Å². The minimum absolute atomic E-state index is 0.00438. The van der Waals surface area contributed by atoms with E-state index in [1.165, 1.54) is 12.1 Å². The molecule has 132 valence electrons. The van der Waals surface area contributed by atoms with Gasteiger partial charge in [0.05, 0.1) is 4.47 Å². The van der Waals surface area contributed by atoms with Crippen LogP contribution in [0.2, 0.25) is 0 Å². The smallest absolute Gasteiger partial charge is 0.274 e. The first-order valence-corrected chi connectivity index (χ1v) is 9.07. The van der Waals surface area contributed by atoms with Crippen molar-refractivity contribution in [3.05, 3.63) is 70.3 Å². The zero-order valence-electron chi connectivity index (χ0n) is 14.1. The van der Waals surface area contributed by atoms with Gasteiger partial charge < -0.3 is 4.90 Å². The molecule has 1 aromatic carbocycles. The Labute approximate surface area is 158 Å². The molecule has 0 N–H and O–H groups in total. The molecule has 1 unspecified atom stereocenters. The topological polar surface area (TPSA) is 50.5 Å². The van der Waals surface area contributed by atoms with E-state index in [0.29, 0.717) is 24.3 Å². The number of hydrogen-bond donors (Lipinski definition) is 0. The van der Waals surface area contributed by atoms with Crippen LogP contribution < -0.4 is 0 Å². The number of fused-ring (bicyclic) bond motifs is 1. The zero-order valence-corrected chi connectivity index (χ0v) is 15.6. The molecule has 0 fully saturated rings. The molecule has 0 saturated carbocycles. The average molecular weight is 415 g/mol. The molecule has 2 aromatic heterocycles. The fourth-order valence-corrected chi connectivity index (χ4v) is 3.51. The number of hydrogen-bond acceptors (Lipinski definition) is 3. The van der Waals surface area contributed by atoms with Crippen molar-refractivity contribution in [2.24, 2.45) is 0 Å². The van der Waals surface area contributed by atoms with Crippen molar-refractivity contribution in [3.8, 4) is 0 Å². The molecular weight excluding hydrogens is 399 g/mol. The van der Waals surface area contributed by atoms with Crippen molar-refractivity contribution >= 4 is 33.1 Å². The molecule has 0 bridgehead atoms. The van der Waals surface area contributed by atoms with Crippen LogP contribution in [-0.4, -0.2) is 38.0 Å². The lowest BCUT2D eigenvalue weighted by Gasteiger charge is -2.32. The Morgan fingerprint density at radius 1 is 1.35 bits per heavy atom. The van der Waals surface area contributed by atoms with Gasteiger partial charge in [-0.05, 0) is 52.5 Å². The third-order valence-electron chi connectivity index (χ3n) is 4.54. The Bertz CT molecular complexity index is 1030. The third kappa shape index (κ3) is 3.14. The van der Waals surface area contributed by atoms with Gasteiger partial charge in [0.25, 0.3) is 5.91 Å². The summed E-state index contributed by atoms with van der Waals surface area (Å²) in [7, 11) is 0. The summed E-state index contributed by atoms with van der Waals surface area (Å²) in [4.78, 5) is 18.9. The SMILES string of the molecule is CC1CC(c2cccc(F)c2)=CCN1C(=O)c1cc2ncc(Br)cn2n1. The molecule has 1 aliphatic rings. The fourth-order valence-electron chi connectivity index (χ4n) is 3.21. The lowest BCUT2D eigenvalue weighted by atomic mass is 9.94. The first-order chi connectivity index (χ1) is 12.5. The molecule has 3 aromatic rings. The van der Waals surface area contributed by atoms with E-state index in [1.807, 2.05) is 19.1 Å². The van der Waals surface area contributed by atoms with Crippen LogP contribution in [0.4, 0.5) is 4.39 Å². The second kappa shape index (κ2) is 6.64. The number of carbonyl (C=O) groups excluding carboxylic acids is 1. The van der Waals surface area contributed by atoms with Crippen molar-refractivity contribution in [1.82, 2.24) is 19.5 Å². The number of amides is 1. The van der Waals surface area contributed by atoms with Gasteiger partial charge in [-0.15, -0.1) is 0 Å². The molecule has 1 amide bonds. The van der Waals surface area contributed by atoms with Crippen molar-refractivity contribution in [2.75, 3.05) is 6.54 Å². The second-order valence-electron chi connectivity index (χ2n) is 6.35. The normalized spacial score (nSPS) is 17.4. The summed E-state index contributed by atoms with van der Waals surface area (Å²) in [5.41, 5.74) is 2.91. The van der Waals surface area contributed by atoms with E-state index >= 15 is 0 Å². The molecule has 0 radical (unpaired) electrons. The number of aromatic nitrogens is 3. The molecule has 3 heterocycles. The van der Waals surface area contributed by atoms with Gasteiger partial charge in [0.2, 0.25) is 0 Å². The largest absolute Gasteiger partial charge is 0.330 e. The predicted molar refractivity (Wildman–Crippen MR) is 100 cm³/mol. The summed E-state index contributed by atoms with van der Waals surface area (Å²) in [6.45, 7) is 2.46. The molecule has 7 heteroatoms. The molecule has 4 rings (SSSR count). The van der Waals surface area contributed by atoms with Gasteiger partial charge in [0.1, 0.15) is 5.82 Å². The van der Waals surface area contributed by atoms with Gasteiger partial charge in [0, 0.05) is 31.0 Å². The number of carbonyl (C=O) groups is 1. The minimum Gasteiger partial charge on any atom is -0.330 e. The first-order valence-electron chi connectivity index (χ1n) is 8.28. The fraction of sp³-hybridized carbons (Fsp3) is 0.211. The summed E-state index contributed by atoms with van der Waals surface area (Å²) in [5.74, 6) is -0.383. The van der Waals surface area contributed by atoms with Crippen LogP contribution in [0.25, 0.3) is 11.2 Å². The van der Waals surface area contributed by atoms with E-state index in [2.05, 4.69) is 26.0 Å². The molecule has 0 spiro atoms. The van der Waals surface area contributed by atoms with Crippen LogP contribution in [0.5, 0.6) is 0 Å². The molecular formula is C19H16BrFN4O. The highest BCUT2D eigenvalue weighted by Gasteiger charge is 2.27. The summed E-state index contributed by atoms with van der Waals surface area (Å²) in [5, 5.41) is 4.33. The maximum atomic E-state index is 13.5. The van der Waals surface area contributed by atoms with Gasteiger partial charge in [-0.25, -0.2) is 13.9 Å². The van der Waals surface area contributed by atoms with E-state index in [1.54, 1.807) is 33.9 Å². The van der Waals surface area contributed by atoms with Crippen molar-refractivity contribution in [1.29, 1.82) is 0 Å². The highest BCUT2D eigenvalue weighted by atomic mass is 79.9. The minimum atomic E-state index is -0.252. The summed E-state index contributed by atoms with van der Waals surface area (Å²) >= 11 is 3.35. The van der Waals surface area contributed by atoms with Crippen LogP contribution in [0.15, 0.2) is 53.3 Å². The molecule has 1 aliphatic heterocycles. The first kappa shape index (κ1) is 16.9. The molecule has 5 nitrogen and oxygen atoms in total. The van der Waals surface area contributed by atoms with E-state index in [9.17, 15) is 9.18 Å². The highest BCUT2D eigenvalue weighted by molar-refractivity contribution is 9.10. The van der Waals surface area contributed by atoms with Crippen LogP contribution in [-0.2, 0) is 0 Å². The van der Waals surface area contributed by atoms with Gasteiger partial charge in [-0.1, -0.05) is 18.2 Å². The number of nitrogens with zero attached hydrogens (tertiary/aromatic N) is 4. The maximum absolute atomic E-state index is 13.5. The number of rotatable bonds is 2. The third-order valence-corrected chi connectivity index (χ3v) is 4.95. The van der Waals surface area contributed by atoms with E-state index in [-0.39, 0.29) is 17.8 Å². The van der Waals surface area contributed by atoms with Crippen molar-refractivity contribution < 1.29 is 9.18 Å². The lowest BCUT2D eigenvalue weighted by Crippen LogP contribution is -2.41. The van der Waals surface area contributed by atoms with E-state index < -0.39 is 0 Å². The quantitative estimate of drug-likeness (QED) is 0.637. The Morgan fingerprint density at radius 2 is 2.19 bits per heavy atom. The van der Waals surface area contributed by atoms with Crippen LogP contribution in [0.1, 0.15) is 29.4 Å². The molecule has 26 heavy (non-hydrogen) atoms. The van der Waals surface area contributed by atoms with Gasteiger partial charge >= 0.3 is 0 Å². The molecule has 0 saturated heterocycles. The number of benzene rings is 1. The molecule has 0 aliphatic carbocycles. The lowest BCUT2D eigenvalue weighted by molar-refractivity contribution is 0.0705. The average Bonchev–Trinajstić information content (AvgIpc) is 3.04. The standard InChI is InChI=1S/C19H16BrFN4O/c1-12-7-14(13-3-2-4-16(21)8-13)5-6-24(12)19(26)17-9-18-22-10-15(20)11-25(18)23-17/h2-5,8-12H,6-7H2,1H3. The zero-order chi connectivity index (χ0) is 18.3. The highest BCUT2D eigenvalue weighted by Crippen LogP contribution is 2.27. The van der Waals surface area contributed by atoms with E-state index in [4.69, 9.17) is 0 Å². The Balaban J connectivity index is 1.58. The Hall–Kier alpha value is -2.54. The van der Waals surface area contributed by atoms with Gasteiger partial charge in [0.15, 0.2) is 11.3 Å². The summed E-state index contributed by atoms with van der Waals surface area (Å²) in [6, 6.07) is 8.24. The monoisotopic (exact) mass is 414 g/mol. The van der Waals surface area contributed by atoms with Crippen LogP contribution >= 0.6 is 15.9 Å². The van der Waals surface area contributed by atoms with E-state index in [0.717, 1.165) is 15.6 Å². The molecule has 1 atom stereocenters. The van der Waals surface area contributed by atoms with Crippen LogP contribution in [0, 0.1) is 5.82 Å². The van der Waals surface area contributed by atoms with Gasteiger partial charge in [-0.3, -0.25) is 4.79 Å². The second-order valence-corrected chi connectivity index (χ2v) is 7.27. The van der Waals surface area contributed by atoms with Gasteiger partial charge in [-0.2, -0.15) is 5.10 Å². The van der Waals surface area contributed by atoms with Crippen LogP contribution in [0.3, 0.4) is 0 Å². The Kier molecular flexibility index (Phi) is 4.32. The number of halogens is 2. The Morgan fingerprint density at radius 3 is 2.96 bits per heavy atom.